The average Bonchev–Trinajstić information content (AvgIpc) is 3.57. The van der Waals surface area contributed by atoms with Gasteiger partial charge in [0.2, 0.25) is 5.91 Å². The Hall–Kier alpha value is -1.42. The fourth-order valence-electron chi connectivity index (χ4n) is 5.20. The summed E-state index contributed by atoms with van der Waals surface area (Å²) < 4.78 is 23.1. The fraction of sp³-hybridized carbons (Fsp3) is 0.905. The summed E-state index contributed by atoms with van der Waals surface area (Å²) in [6.45, 7) is 10.2. The first-order valence-corrected chi connectivity index (χ1v) is 10.8. The molecule has 4 aliphatic rings. The van der Waals surface area contributed by atoms with E-state index in [-0.39, 0.29) is 29.6 Å². The number of rotatable bonds is 7. The Morgan fingerprint density at radius 1 is 1.23 bits per heavy atom. The predicted molar refractivity (Wildman–Crippen MR) is 105 cm³/mol. The third-order valence-electron chi connectivity index (χ3n) is 7.35. The Balaban J connectivity index is 1.40. The van der Waals surface area contributed by atoms with Crippen LogP contribution in [0.1, 0.15) is 53.9 Å². The van der Waals surface area contributed by atoms with Crippen LogP contribution in [0.2, 0.25) is 0 Å². The summed E-state index contributed by atoms with van der Waals surface area (Å²) in [6.07, 6.45) is -0.348. The Kier molecular flexibility index (Phi) is 5.12. The molecule has 1 spiro atoms. The molecule has 9 nitrogen and oxygen atoms in total. The molecule has 3 unspecified atom stereocenters. The molecule has 3 aliphatic heterocycles. The second-order valence-corrected chi connectivity index (χ2v) is 10.3. The molecular formula is C21H34N2O7. The minimum absolute atomic E-state index is 0.0299. The monoisotopic (exact) mass is 426 g/mol. The summed E-state index contributed by atoms with van der Waals surface area (Å²) in [6, 6.07) is -0.831. The van der Waals surface area contributed by atoms with E-state index < -0.39 is 41.5 Å². The van der Waals surface area contributed by atoms with Crippen molar-refractivity contribution in [1.82, 2.24) is 5.32 Å². The second-order valence-electron chi connectivity index (χ2n) is 10.3. The predicted octanol–water partition coefficient (Wildman–Crippen LogP) is 0.856. The summed E-state index contributed by atoms with van der Waals surface area (Å²) in [7, 11) is 0. The van der Waals surface area contributed by atoms with Crippen molar-refractivity contribution < 1.29 is 33.6 Å². The summed E-state index contributed by atoms with van der Waals surface area (Å²) in [5, 5.41) is 13.7. The molecule has 0 aromatic rings. The van der Waals surface area contributed by atoms with Crippen LogP contribution < -0.4 is 11.1 Å². The third-order valence-corrected chi connectivity index (χ3v) is 7.35. The first-order chi connectivity index (χ1) is 13.9. The van der Waals surface area contributed by atoms with E-state index in [1.54, 1.807) is 13.8 Å². The number of nitrogens with one attached hydrogen (secondary N) is 1. The molecule has 1 aliphatic carbocycles. The van der Waals surface area contributed by atoms with E-state index in [9.17, 15) is 14.7 Å². The van der Waals surface area contributed by atoms with Crippen LogP contribution in [-0.4, -0.2) is 71.0 Å². The van der Waals surface area contributed by atoms with E-state index in [4.69, 9.17) is 24.7 Å². The number of ether oxygens (including phenoxy) is 4. The fourth-order valence-corrected chi connectivity index (χ4v) is 5.20. The van der Waals surface area contributed by atoms with Gasteiger partial charge >= 0.3 is 6.09 Å². The largest absolute Gasteiger partial charge is 0.443 e. The van der Waals surface area contributed by atoms with E-state index in [1.165, 1.54) is 0 Å². The molecule has 4 fully saturated rings. The van der Waals surface area contributed by atoms with Gasteiger partial charge in [0.1, 0.15) is 23.3 Å². The van der Waals surface area contributed by atoms with Crippen LogP contribution in [0, 0.1) is 11.8 Å². The number of alkyl carbamates (subject to hydrolysis) is 1. The van der Waals surface area contributed by atoms with Crippen molar-refractivity contribution in [3.63, 3.8) is 0 Å². The Morgan fingerprint density at radius 2 is 1.87 bits per heavy atom. The zero-order valence-electron chi connectivity index (χ0n) is 18.3. The van der Waals surface area contributed by atoms with E-state index in [0.717, 1.165) is 6.42 Å². The van der Waals surface area contributed by atoms with E-state index >= 15 is 0 Å². The van der Waals surface area contributed by atoms with Gasteiger partial charge in [0.25, 0.3) is 0 Å². The van der Waals surface area contributed by atoms with Gasteiger partial charge in [-0.3, -0.25) is 4.79 Å². The highest BCUT2D eigenvalue weighted by molar-refractivity contribution is 5.84. The number of carbonyl (C=O) groups excluding carboxylic acids is 2. The number of aliphatic hydroxyl groups is 1. The van der Waals surface area contributed by atoms with Gasteiger partial charge in [0.15, 0.2) is 0 Å². The summed E-state index contributed by atoms with van der Waals surface area (Å²) in [4.78, 5) is 23.9. The minimum atomic E-state index is -0.929. The maximum atomic E-state index is 12.4. The number of nitrogens with two attached hydrogens (primary N) is 1. The van der Waals surface area contributed by atoms with E-state index in [0.29, 0.717) is 19.4 Å². The quantitative estimate of drug-likeness (QED) is 0.513. The molecule has 0 radical (unpaired) electrons. The third kappa shape index (κ3) is 3.81. The lowest BCUT2D eigenvalue weighted by molar-refractivity contribution is -0.121. The molecular weight excluding hydrogens is 392 g/mol. The van der Waals surface area contributed by atoms with Crippen LogP contribution >= 0.6 is 0 Å². The van der Waals surface area contributed by atoms with Crippen molar-refractivity contribution in [2.75, 3.05) is 6.61 Å². The summed E-state index contributed by atoms with van der Waals surface area (Å²) in [5.41, 5.74) is 4.26. The molecule has 1 saturated carbocycles. The van der Waals surface area contributed by atoms with Crippen LogP contribution in [-0.2, 0) is 23.7 Å². The molecule has 4 N–H and O–H groups in total. The van der Waals surface area contributed by atoms with Crippen molar-refractivity contribution in [3.05, 3.63) is 0 Å². The molecule has 9 heteroatoms. The maximum absolute atomic E-state index is 12.4. The highest BCUT2D eigenvalue weighted by Gasteiger charge is 2.73. The van der Waals surface area contributed by atoms with Crippen LogP contribution in [0.4, 0.5) is 4.79 Å². The lowest BCUT2D eigenvalue weighted by atomic mass is 9.68. The zero-order valence-corrected chi connectivity index (χ0v) is 18.3. The standard InChI is InChI=1S/C21H34N2O7/c1-10(2)14(17(22)25)23-18(26)28-11-6-7-21(9-27-21)16(15(11)24)20(5)13(30-20)8-12-19(3,4)29-12/h10-16,24H,6-9H2,1-5H3,(H2,22,25)(H,23,26)/t11-,12?,13+,14-,15-,16?,20-,21?/m1/s1. The average molecular weight is 427 g/mol. The van der Waals surface area contributed by atoms with Gasteiger partial charge in [-0.25, -0.2) is 4.79 Å². The summed E-state index contributed by atoms with van der Waals surface area (Å²) >= 11 is 0. The van der Waals surface area contributed by atoms with Gasteiger partial charge < -0.3 is 35.1 Å². The number of carbonyl (C=O) groups is 2. The lowest BCUT2D eigenvalue weighted by Gasteiger charge is -2.41. The van der Waals surface area contributed by atoms with Gasteiger partial charge in [0, 0.05) is 6.42 Å². The molecule has 0 aromatic carbocycles. The number of primary amides is 1. The van der Waals surface area contributed by atoms with Crippen LogP contribution in [0.3, 0.4) is 0 Å². The number of hydrogen-bond donors (Lipinski definition) is 3. The molecule has 3 saturated heterocycles. The minimum Gasteiger partial charge on any atom is -0.443 e. The second kappa shape index (κ2) is 7.05. The summed E-state index contributed by atoms with van der Waals surface area (Å²) in [5.74, 6) is -1.10. The first-order valence-electron chi connectivity index (χ1n) is 10.8. The lowest BCUT2D eigenvalue weighted by Crippen LogP contribution is -2.56. The number of epoxide rings is 3. The molecule has 0 bridgehead atoms. The van der Waals surface area contributed by atoms with Crippen LogP contribution in [0.25, 0.3) is 0 Å². The number of aliphatic hydroxyl groups excluding tert-OH is 1. The zero-order chi connectivity index (χ0) is 22.1. The maximum Gasteiger partial charge on any atom is 0.408 e. The molecule has 2 amide bonds. The highest BCUT2D eigenvalue weighted by atomic mass is 16.6. The SMILES string of the molecule is CC(C)[C@@H](NC(=O)O[C@@H]1CCC2(CO2)C([C@]2(C)O[C@H]2CC2OC2(C)C)[C@@H]1O)C(N)=O. The topological polar surface area (TPSA) is 139 Å². The first kappa shape index (κ1) is 21.8. The molecule has 4 rings (SSSR count). The van der Waals surface area contributed by atoms with Crippen molar-refractivity contribution >= 4 is 12.0 Å². The van der Waals surface area contributed by atoms with Crippen molar-refractivity contribution in [3.8, 4) is 0 Å². The van der Waals surface area contributed by atoms with E-state index in [2.05, 4.69) is 19.2 Å². The molecule has 30 heavy (non-hydrogen) atoms. The smallest absolute Gasteiger partial charge is 0.408 e. The van der Waals surface area contributed by atoms with Gasteiger partial charge in [-0.1, -0.05) is 13.8 Å². The van der Waals surface area contributed by atoms with Gasteiger partial charge in [-0.15, -0.1) is 0 Å². The van der Waals surface area contributed by atoms with E-state index in [1.807, 2.05) is 6.92 Å². The van der Waals surface area contributed by atoms with Crippen molar-refractivity contribution in [1.29, 1.82) is 0 Å². The van der Waals surface area contributed by atoms with Gasteiger partial charge in [-0.05, 0) is 39.5 Å². The Morgan fingerprint density at radius 3 is 2.37 bits per heavy atom. The van der Waals surface area contributed by atoms with Gasteiger partial charge in [0.05, 0.1) is 36.4 Å². The molecule has 0 aromatic heterocycles. The van der Waals surface area contributed by atoms with Gasteiger partial charge in [-0.2, -0.15) is 0 Å². The van der Waals surface area contributed by atoms with Crippen molar-refractivity contribution in [2.24, 2.45) is 17.6 Å². The van der Waals surface area contributed by atoms with Crippen LogP contribution in [0.15, 0.2) is 0 Å². The highest BCUT2D eigenvalue weighted by Crippen LogP contribution is 2.60. The van der Waals surface area contributed by atoms with Crippen molar-refractivity contribution in [2.45, 2.75) is 101 Å². The number of hydrogen-bond acceptors (Lipinski definition) is 7. The molecule has 170 valence electrons. The van der Waals surface area contributed by atoms with Crippen LogP contribution in [0.5, 0.6) is 0 Å². The molecule has 3 heterocycles. The Bertz CT molecular complexity index is 722. The normalized spacial score (nSPS) is 44.4. The Labute approximate surface area is 176 Å². The molecule has 8 atom stereocenters. The number of amides is 2.